The Hall–Kier alpha value is -1.11. The normalized spacial score (nSPS) is 17.4. The van der Waals surface area contributed by atoms with Crippen molar-refractivity contribution < 1.29 is 22.4 Å². The molecule has 7 heteroatoms. The van der Waals surface area contributed by atoms with E-state index in [1.165, 1.54) is 23.1 Å². The second kappa shape index (κ2) is 5.71. The molecule has 1 aromatic carbocycles. The van der Waals surface area contributed by atoms with E-state index in [1.807, 2.05) is 0 Å². The summed E-state index contributed by atoms with van der Waals surface area (Å²) in [6.07, 6.45) is -4.43. The molecule has 1 fully saturated rings. The highest BCUT2D eigenvalue weighted by molar-refractivity contribution is 9.10. The molecule has 1 saturated heterocycles. The third-order valence-corrected chi connectivity index (χ3v) is 4.23. The van der Waals surface area contributed by atoms with Gasteiger partial charge in [-0.1, -0.05) is 6.07 Å². The molecular weight excluding hydrogens is 342 g/mol. The second-order valence-corrected chi connectivity index (χ2v) is 5.50. The van der Waals surface area contributed by atoms with Gasteiger partial charge in [-0.15, -0.1) is 0 Å². The number of benzene rings is 1. The highest BCUT2D eigenvalue weighted by Crippen LogP contribution is 2.34. The van der Waals surface area contributed by atoms with E-state index < -0.39 is 23.8 Å². The van der Waals surface area contributed by atoms with Crippen molar-refractivity contribution in [2.75, 3.05) is 13.1 Å². The first-order valence-electron chi connectivity index (χ1n) is 6.10. The van der Waals surface area contributed by atoms with E-state index in [4.69, 9.17) is 0 Å². The Kier molecular flexibility index (Phi) is 4.36. The molecule has 0 spiro atoms. The molecule has 1 amide bonds. The first-order valence-corrected chi connectivity index (χ1v) is 6.90. The van der Waals surface area contributed by atoms with Crippen LogP contribution in [0.5, 0.6) is 0 Å². The molecule has 0 N–H and O–H groups in total. The van der Waals surface area contributed by atoms with Gasteiger partial charge < -0.3 is 4.90 Å². The highest BCUT2D eigenvalue weighted by atomic mass is 79.9. The molecule has 0 atom stereocenters. The average Bonchev–Trinajstić information content (AvgIpc) is 2.40. The zero-order valence-corrected chi connectivity index (χ0v) is 12.0. The molecule has 1 aliphatic heterocycles. The number of hydrogen-bond donors (Lipinski definition) is 0. The van der Waals surface area contributed by atoms with Gasteiger partial charge in [0.25, 0.3) is 5.91 Å². The van der Waals surface area contributed by atoms with Gasteiger partial charge in [0.15, 0.2) is 0 Å². The molecule has 110 valence electrons. The van der Waals surface area contributed by atoms with Crippen LogP contribution in [0.3, 0.4) is 0 Å². The summed E-state index contributed by atoms with van der Waals surface area (Å²) in [7, 11) is 0. The lowest BCUT2D eigenvalue weighted by Gasteiger charge is -2.33. The molecule has 1 aliphatic rings. The van der Waals surface area contributed by atoms with Crippen LogP contribution in [-0.4, -0.2) is 30.1 Å². The number of nitrogens with zero attached hydrogens (tertiary/aromatic N) is 1. The van der Waals surface area contributed by atoms with Gasteiger partial charge >= 0.3 is 6.18 Å². The van der Waals surface area contributed by atoms with E-state index in [-0.39, 0.29) is 36.0 Å². The molecule has 1 heterocycles. The topological polar surface area (TPSA) is 20.3 Å². The van der Waals surface area contributed by atoms with E-state index in [9.17, 15) is 22.4 Å². The number of likely N-dealkylation sites (tertiary alicyclic amines) is 1. The van der Waals surface area contributed by atoms with Crippen LogP contribution in [0.15, 0.2) is 22.7 Å². The summed E-state index contributed by atoms with van der Waals surface area (Å²) in [6, 6.07) is 4.05. The lowest BCUT2D eigenvalue weighted by molar-refractivity contribution is -0.183. The number of carbonyl (C=O) groups excluding carboxylic acids is 1. The molecule has 0 saturated carbocycles. The fraction of sp³-hybridized carbons (Fsp3) is 0.462. The fourth-order valence-corrected chi connectivity index (χ4v) is 2.68. The SMILES string of the molecule is O=C(c1cccc(F)c1Br)N1CCC(C(F)(F)F)CC1. The van der Waals surface area contributed by atoms with Crippen LogP contribution in [0.2, 0.25) is 0 Å². The Labute approximate surface area is 121 Å². The van der Waals surface area contributed by atoms with Gasteiger partial charge in [0, 0.05) is 13.1 Å². The molecule has 0 unspecified atom stereocenters. The standard InChI is InChI=1S/C13H12BrF4NO/c14-11-9(2-1-3-10(11)15)12(20)19-6-4-8(5-7-19)13(16,17)18/h1-3,8H,4-7H2. The van der Waals surface area contributed by atoms with Gasteiger partial charge in [-0.2, -0.15) is 13.2 Å². The number of carbonyl (C=O) groups is 1. The predicted molar refractivity (Wildman–Crippen MR) is 68.8 cm³/mol. The first-order chi connectivity index (χ1) is 9.30. The Balaban J connectivity index is 2.07. The molecule has 0 aliphatic carbocycles. The lowest BCUT2D eigenvalue weighted by Crippen LogP contribution is -2.42. The van der Waals surface area contributed by atoms with Crippen LogP contribution >= 0.6 is 15.9 Å². The van der Waals surface area contributed by atoms with Crippen LogP contribution in [0.1, 0.15) is 23.2 Å². The summed E-state index contributed by atoms with van der Waals surface area (Å²) in [6.45, 7) is 0.0674. The van der Waals surface area contributed by atoms with E-state index in [1.54, 1.807) is 0 Å². The first kappa shape index (κ1) is 15.3. The van der Waals surface area contributed by atoms with E-state index in [0.29, 0.717) is 0 Å². The zero-order chi connectivity index (χ0) is 14.9. The van der Waals surface area contributed by atoms with Crippen molar-refractivity contribution in [2.45, 2.75) is 19.0 Å². The molecule has 0 radical (unpaired) electrons. The van der Waals surface area contributed by atoms with E-state index in [2.05, 4.69) is 15.9 Å². The molecule has 20 heavy (non-hydrogen) atoms. The van der Waals surface area contributed by atoms with Gasteiger partial charge in [-0.05, 0) is 40.9 Å². The highest BCUT2D eigenvalue weighted by Gasteiger charge is 2.41. The van der Waals surface area contributed by atoms with Gasteiger partial charge in [-0.25, -0.2) is 4.39 Å². The third kappa shape index (κ3) is 3.13. The Bertz CT molecular complexity index is 510. The van der Waals surface area contributed by atoms with Gasteiger partial charge in [0.05, 0.1) is 16.0 Å². The number of amides is 1. The summed E-state index contributed by atoms with van der Waals surface area (Å²) in [5.74, 6) is -2.37. The maximum atomic E-state index is 13.4. The zero-order valence-electron chi connectivity index (χ0n) is 10.4. The minimum absolute atomic E-state index is 0.0337. The smallest absolute Gasteiger partial charge is 0.339 e. The summed E-state index contributed by atoms with van der Waals surface area (Å²) >= 11 is 2.99. The van der Waals surface area contributed by atoms with Gasteiger partial charge in [0.2, 0.25) is 0 Å². The number of alkyl halides is 3. The van der Waals surface area contributed by atoms with Gasteiger partial charge in [-0.3, -0.25) is 4.79 Å². The van der Waals surface area contributed by atoms with Crippen LogP contribution in [0.25, 0.3) is 0 Å². The van der Waals surface area contributed by atoms with Crippen molar-refractivity contribution in [3.63, 3.8) is 0 Å². The quantitative estimate of drug-likeness (QED) is 0.698. The average molecular weight is 354 g/mol. The molecular formula is C13H12BrF4NO. The maximum absolute atomic E-state index is 13.4. The predicted octanol–water partition coefficient (Wildman–Crippen LogP) is 4.00. The molecule has 0 aromatic heterocycles. The van der Waals surface area contributed by atoms with Crippen molar-refractivity contribution >= 4 is 21.8 Å². The lowest BCUT2D eigenvalue weighted by atomic mass is 9.96. The van der Waals surface area contributed by atoms with Crippen LogP contribution in [-0.2, 0) is 0 Å². The summed E-state index contributed by atoms with van der Waals surface area (Å²) < 4.78 is 51.0. The van der Waals surface area contributed by atoms with Crippen LogP contribution in [0, 0.1) is 11.7 Å². The minimum Gasteiger partial charge on any atom is -0.339 e. The maximum Gasteiger partial charge on any atom is 0.391 e. The molecule has 0 bridgehead atoms. The minimum atomic E-state index is -4.21. The largest absolute Gasteiger partial charge is 0.391 e. The van der Waals surface area contributed by atoms with Crippen molar-refractivity contribution in [2.24, 2.45) is 5.92 Å². The molecule has 1 aromatic rings. The fourth-order valence-electron chi connectivity index (χ4n) is 2.25. The molecule has 2 nitrogen and oxygen atoms in total. The Morgan fingerprint density at radius 3 is 2.40 bits per heavy atom. The monoisotopic (exact) mass is 353 g/mol. The Morgan fingerprint density at radius 1 is 1.25 bits per heavy atom. The Morgan fingerprint density at radius 2 is 1.85 bits per heavy atom. The number of rotatable bonds is 1. The second-order valence-electron chi connectivity index (χ2n) is 4.71. The van der Waals surface area contributed by atoms with Crippen molar-refractivity contribution in [3.8, 4) is 0 Å². The van der Waals surface area contributed by atoms with E-state index >= 15 is 0 Å². The molecule has 2 rings (SSSR count). The summed E-state index contributed by atoms with van der Waals surface area (Å²) in [5.41, 5.74) is 0.135. The number of piperidine rings is 1. The summed E-state index contributed by atoms with van der Waals surface area (Å²) in [5, 5.41) is 0. The summed E-state index contributed by atoms with van der Waals surface area (Å²) in [4.78, 5) is 13.5. The van der Waals surface area contributed by atoms with Gasteiger partial charge in [0.1, 0.15) is 5.82 Å². The third-order valence-electron chi connectivity index (χ3n) is 3.43. The van der Waals surface area contributed by atoms with Crippen LogP contribution in [0.4, 0.5) is 17.6 Å². The van der Waals surface area contributed by atoms with Crippen molar-refractivity contribution in [1.82, 2.24) is 4.90 Å². The van der Waals surface area contributed by atoms with Crippen LogP contribution < -0.4 is 0 Å². The van der Waals surface area contributed by atoms with Crippen molar-refractivity contribution in [1.29, 1.82) is 0 Å². The number of halogens is 5. The van der Waals surface area contributed by atoms with E-state index in [0.717, 1.165) is 0 Å². The van der Waals surface area contributed by atoms with Crippen molar-refractivity contribution in [3.05, 3.63) is 34.1 Å². The number of hydrogen-bond acceptors (Lipinski definition) is 1.